The van der Waals surface area contributed by atoms with Gasteiger partial charge in [0.05, 0.1) is 17.4 Å². The number of imidazole rings is 1. The van der Waals surface area contributed by atoms with E-state index in [2.05, 4.69) is 38.9 Å². The van der Waals surface area contributed by atoms with Crippen LogP contribution in [0.2, 0.25) is 0 Å². The van der Waals surface area contributed by atoms with Crippen molar-refractivity contribution in [2.24, 2.45) is 11.7 Å². The molecule has 3 nitrogen and oxygen atoms in total. The second-order valence-electron chi connectivity index (χ2n) is 5.18. The van der Waals surface area contributed by atoms with Crippen LogP contribution in [0.1, 0.15) is 25.6 Å². The molecule has 0 saturated heterocycles. The fourth-order valence-corrected chi connectivity index (χ4v) is 2.79. The molecule has 3 rings (SSSR count). The first-order valence-corrected chi connectivity index (χ1v) is 6.97. The van der Waals surface area contributed by atoms with Crippen LogP contribution >= 0.6 is 15.9 Å². The van der Waals surface area contributed by atoms with Gasteiger partial charge in [-0.05, 0) is 31.7 Å². The number of hydrogen-bond donors (Lipinski definition) is 2. The van der Waals surface area contributed by atoms with Crippen molar-refractivity contribution >= 4 is 15.9 Å². The number of halogens is 1. The minimum Gasteiger partial charge on any atom is -0.340 e. The number of nitrogens with zero attached hydrogens (tertiary/aromatic N) is 1. The molecular weight excluding hydrogens is 290 g/mol. The van der Waals surface area contributed by atoms with Crippen molar-refractivity contribution in [3.63, 3.8) is 0 Å². The summed E-state index contributed by atoms with van der Waals surface area (Å²) in [5.74, 6) is 1.45. The second kappa shape index (κ2) is 4.21. The average molecular weight is 306 g/mol. The zero-order valence-corrected chi connectivity index (χ0v) is 11.9. The fraction of sp³-hybridized carbons (Fsp3) is 0.357. The van der Waals surface area contributed by atoms with Gasteiger partial charge in [0.2, 0.25) is 0 Å². The van der Waals surface area contributed by atoms with E-state index in [4.69, 9.17) is 5.73 Å². The van der Waals surface area contributed by atoms with Crippen LogP contribution in [0.4, 0.5) is 0 Å². The molecule has 4 heteroatoms. The molecule has 1 aromatic carbocycles. The summed E-state index contributed by atoms with van der Waals surface area (Å²) < 4.78 is 1.06. The van der Waals surface area contributed by atoms with Crippen molar-refractivity contribution in [2.75, 3.05) is 0 Å². The predicted octanol–water partition coefficient (Wildman–Crippen LogP) is 3.42. The molecule has 0 spiro atoms. The van der Waals surface area contributed by atoms with Crippen molar-refractivity contribution in [3.05, 3.63) is 40.8 Å². The minimum atomic E-state index is -0.334. The molecular formula is C14H16BrN3. The summed E-state index contributed by atoms with van der Waals surface area (Å²) in [5, 5.41) is 0. The molecule has 1 saturated carbocycles. The highest BCUT2D eigenvalue weighted by Gasteiger charge is 2.41. The molecule has 0 amide bonds. The molecule has 1 unspecified atom stereocenters. The van der Waals surface area contributed by atoms with E-state index in [0.29, 0.717) is 5.92 Å². The van der Waals surface area contributed by atoms with Crippen LogP contribution in [0, 0.1) is 5.92 Å². The molecule has 3 N–H and O–H groups in total. The maximum Gasteiger partial charge on any atom is 0.126 e. The molecule has 1 aromatic heterocycles. The normalized spacial score (nSPS) is 18.6. The van der Waals surface area contributed by atoms with Crippen LogP contribution in [0.5, 0.6) is 0 Å². The molecule has 0 radical (unpaired) electrons. The number of hydrogen-bond acceptors (Lipinski definition) is 2. The summed E-state index contributed by atoms with van der Waals surface area (Å²) in [7, 11) is 0. The molecule has 1 aliphatic rings. The van der Waals surface area contributed by atoms with E-state index in [1.807, 2.05) is 24.4 Å². The van der Waals surface area contributed by atoms with Gasteiger partial charge in [-0.2, -0.15) is 0 Å². The third kappa shape index (κ3) is 1.99. The van der Waals surface area contributed by atoms with E-state index in [0.717, 1.165) is 21.6 Å². The molecule has 0 bridgehead atoms. The van der Waals surface area contributed by atoms with Crippen LogP contribution in [-0.2, 0) is 5.54 Å². The molecule has 1 fully saturated rings. The fourth-order valence-electron chi connectivity index (χ4n) is 2.29. The van der Waals surface area contributed by atoms with Crippen LogP contribution in [0.25, 0.3) is 11.3 Å². The smallest absolute Gasteiger partial charge is 0.126 e. The summed E-state index contributed by atoms with van der Waals surface area (Å²) in [5.41, 5.74) is 8.16. The van der Waals surface area contributed by atoms with Gasteiger partial charge in [-0.15, -0.1) is 0 Å². The first-order chi connectivity index (χ1) is 8.59. The topological polar surface area (TPSA) is 54.7 Å². The Bertz CT molecular complexity index is 570. The lowest BCUT2D eigenvalue weighted by Gasteiger charge is -2.21. The Morgan fingerprint density at radius 3 is 2.78 bits per heavy atom. The van der Waals surface area contributed by atoms with Crippen molar-refractivity contribution < 1.29 is 0 Å². The van der Waals surface area contributed by atoms with Gasteiger partial charge < -0.3 is 10.7 Å². The summed E-state index contributed by atoms with van der Waals surface area (Å²) in [6.07, 6.45) is 4.28. The van der Waals surface area contributed by atoms with Crippen LogP contribution < -0.4 is 5.73 Å². The van der Waals surface area contributed by atoms with Gasteiger partial charge in [-0.25, -0.2) is 4.98 Å². The Hall–Kier alpha value is -1.13. The number of aromatic nitrogens is 2. The monoisotopic (exact) mass is 305 g/mol. The minimum absolute atomic E-state index is 0.334. The van der Waals surface area contributed by atoms with Gasteiger partial charge in [0.25, 0.3) is 0 Å². The van der Waals surface area contributed by atoms with Gasteiger partial charge in [0, 0.05) is 10.0 Å². The molecule has 0 aliphatic heterocycles. The lowest BCUT2D eigenvalue weighted by atomic mass is 9.97. The van der Waals surface area contributed by atoms with Crippen molar-refractivity contribution in [1.82, 2.24) is 9.97 Å². The van der Waals surface area contributed by atoms with Gasteiger partial charge >= 0.3 is 0 Å². The van der Waals surface area contributed by atoms with Crippen molar-refractivity contribution in [3.8, 4) is 11.3 Å². The Morgan fingerprint density at radius 1 is 1.39 bits per heavy atom. The quantitative estimate of drug-likeness (QED) is 0.913. The Morgan fingerprint density at radius 2 is 2.11 bits per heavy atom. The van der Waals surface area contributed by atoms with E-state index in [1.54, 1.807) is 0 Å². The summed E-state index contributed by atoms with van der Waals surface area (Å²) in [6, 6.07) is 8.11. The van der Waals surface area contributed by atoms with Gasteiger partial charge in [-0.1, -0.05) is 34.1 Å². The van der Waals surface area contributed by atoms with E-state index in [1.165, 1.54) is 12.8 Å². The van der Waals surface area contributed by atoms with E-state index >= 15 is 0 Å². The zero-order valence-electron chi connectivity index (χ0n) is 10.3. The summed E-state index contributed by atoms with van der Waals surface area (Å²) in [6.45, 7) is 2.06. The number of nitrogens with one attached hydrogen (secondary N) is 1. The Kier molecular flexibility index (Phi) is 2.79. The number of aromatic amines is 1. The predicted molar refractivity (Wildman–Crippen MR) is 76.0 cm³/mol. The lowest BCUT2D eigenvalue weighted by molar-refractivity contribution is 0.404. The van der Waals surface area contributed by atoms with E-state index in [9.17, 15) is 0 Å². The van der Waals surface area contributed by atoms with Crippen LogP contribution in [0.3, 0.4) is 0 Å². The zero-order chi connectivity index (χ0) is 12.8. The average Bonchev–Trinajstić information content (AvgIpc) is 3.09. The maximum atomic E-state index is 6.37. The maximum absolute atomic E-state index is 6.37. The Balaban J connectivity index is 1.97. The lowest BCUT2D eigenvalue weighted by Crippen LogP contribution is -2.36. The first kappa shape index (κ1) is 11.9. The molecule has 1 heterocycles. The third-order valence-electron chi connectivity index (χ3n) is 3.68. The van der Waals surface area contributed by atoms with Crippen molar-refractivity contribution in [2.45, 2.75) is 25.3 Å². The van der Waals surface area contributed by atoms with E-state index < -0.39 is 0 Å². The number of benzene rings is 1. The van der Waals surface area contributed by atoms with Crippen molar-refractivity contribution in [1.29, 1.82) is 0 Å². The number of H-pyrrole nitrogens is 1. The molecule has 2 aromatic rings. The number of nitrogens with two attached hydrogens (primary N) is 1. The highest BCUT2D eigenvalue weighted by atomic mass is 79.9. The molecule has 1 aliphatic carbocycles. The molecule has 18 heavy (non-hydrogen) atoms. The highest BCUT2D eigenvalue weighted by molar-refractivity contribution is 9.10. The summed E-state index contributed by atoms with van der Waals surface area (Å²) in [4.78, 5) is 7.83. The third-order valence-corrected chi connectivity index (χ3v) is 4.37. The van der Waals surface area contributed by atoms with Gasteiger partial charge in [0.1, 0.15) is 5.82 Å². The summed E-state index contributed by atoms with van der Waals surface area (Å²) >= 11 is 3.55. The van der Waals surface area contributed by atoms with Crippen LogP contribution in [-0.4, -0.2) is 9.97 Å². The second-order valence-corrected chi connectivity index (χ2v) is 6.04. The van der Waals surface area contributed by atoms with Crippen LogP contribution in [0.15, 0.2) is 34.9 Å². The first-order valence-electron chi connectivity index (χ1n) is 6.18. The Labute approximate surface area is 115 Å². The largest absolute Gasteiger partial charge is 0.340 e. The van der Waals surface area contributed by atoms with E-state index in [-0.39, 0.29) is 5.54 Å². The SMILES string of the molecule is CC(N)(c1ncc(-c2ccccc2Br)[nH]1)C1CC1. The van der Waals surface area contributed by atoms with Gasteiger partial charge in [0.15, 0.2) is 0 Å². The van der Waals surface area contributed by atoms with Gasteiger partial charge in [-0.3, -0.25) is 0 Å². The highest BCUT2D eigenvalue weighted by Crippen LogP contribution is 2.43. The molecule has 94 valence electrons. The standard InChI is InChI=1S/C14H16BrN3/c1-14(16,9-6-7-9)13-17-8-12(18-13)10-4-2-3-5-11(10)15/h2-5,8-9H,6-7,16H2,1H3,(H,17,18). The molecule has 1 atom stereocenters. The number of rotatable bonds is 3.